The normalized spacial score (nSPS) is 10.2. The summed E-state index contributed by atoms with van der Waals surface area (Å²) in [4.78, 5) is 9.92. The first kappa shape index (κ1) is 13.0. The summed E-state index contributed by atoms with van der Waals surface area (Å²) in [5.74, 6) is -0.785. The Morgan fingerprint density at radius 2 is 2.00 bits per heavy atom. The van der Waals surface area contributed by atoms with Gasteiger partial charge in [-0.3, -0.25) is 10.1 Å². The molecule has 0 atom stereocenters. The second kappa shape index (κ2) is 5.48. The van der Waals surface area contributed by atoms with Gasteiger partial charge >= 0.3 is 5.69 Å². The van der Waals surface area contributed by atoms with E-state index in [0.717, 1.165) is 17.3 Å². The zero-order valence-corrected chi connectivity index (χ0v) is 10.4. The number of hydrogen-bond acceptors (Lipinski definition) is 3. The van der Waals surface area contributed by atoms with Crippen LogP contribution in [0.25, 0.3) is 0 Å². The molecule has 0 aliphatic carbocycles. The van der Waals surface area contributed by atoms with Gasteiger partial charge in [-0.25, -0.2) is 0 Å². The third kappa shape index (κ3) is 3.07. The highest BCUT2D eigenvalue weighted by atomic mass is 19.1. The monoisotopic (exact) mass is 260 g/mol. The number of aryl methyl sites for hydroxylation is 1. The summed E-state index contributed by atoms with van der Waals surface area (Å²) >= 11 is 0. The van der Waals surface area contributed by atoms with Crippen molar-refractivity contribution in [3.63, 3.8) is 0 Å². The Balaban J connectivity index is 2.16. The Labute approximate surface area is 110 Å². The topological polar surface area (TPSA) is 55.2 Å². The lowest BCUT2D eigenvalue weighted by Crippen LogP contribution is -2.04. The van der Waals surface area contributed by atoms with Crippen LogP contribution < -0.4 is 5.32 Å². The maximum absolute atomic E-state index is 13.8. The fourth-order valence-electron chi connectivity index (χ4n) is 1.80. The van der Waals surface area contributed by atoms with E-state index in [9.17, 15) is 14.5 Å². The second-order valence-corrected chi connectivity index (χ2v) is 4.23. The highest BCUT2D eigenvalue weighted by Gasteiger charge is 2.16. The van der Waals surface area contributed by atoms with Gasteiger partial charge in [0.25, 0.3) is 0 Å². The minimum Gasteiger partial charge on any atom is -0.381 e. The van der Waals surface area contributed by atoms with E-state index in [0.29, 0.717) is 0 Å². The number of hydrogen-bond donors (Lipinski definition) is 1. The third-order valence-electron chi connectivity index (χ3n) is 2.76. The molecule has 0 aliphatic rings. The predicted molar refractivity (Wildman–Crippen MR) is 71.6 cm³/mol. The molecule has 2 aromatic rings. The van der Waals surface area contributed by atoms with Crippen LogP contribution in [0.15, 0.2) is 42.5 Å². The van der Waals surface area contributed by atoms with Crippen molar-refractivity contribution in [2.24, 2.45) is 0 Å². The molecule has 0 aromatic heterocycles. The van der Waals surface area contributed by atoms with Crippen LogP contribution >= 0.6 is 0 Å². The molecule has 98 valence electrons. The molecule has 19 heavy (non-hydrogen) atoms. The van der Waals surface area contributed by atoms with Crippen LogP contribution in [-0.4, -0.2) is 4.92 Å². The van der Waals surface area contributed by atoms with Gasteiger partial charge in [0, 0.05) is 23.9 Å². The number of halogens is 1. The Bertz CT molecular complexity index is 614. The van der Waals surface area contributed by atoms with Gasteiger partial charge < -0.3 is 5.32 Å². The highest BCUT2D eigenvalue weighted by Crippen LogP contribution is 2.21. The van der Waals surface area contributed by atoms with Crippen LogP contribution in [0.4, 0.5) is 15.8 Å². The van der Waals surface area contributed by atoms with Gasteiger partial charge in [0.2, 0.25) is 5.82 Å². The molecule has 0 amide bonds. The standard InChI is InChI=1S/C14H13FN2O2/c1-10-4-2-6-12(8-10)16-9-11-5-3-7-13(14(11)15)17(18)19/h2-8,16H,9H2,1H3. The van der Waals surface area contributed by atoms with Crippen molar-refractivity contribution >= 4 is 11.4 Å². The van der Waals surface area contributed by atoms with E-state index in [1.807, 2.05) is 31.2 Å². The van der Waals surface area contributed by atoms with Gasteiger partial charge in [0.15, 0.2) is 0 Å². The molecule has 0 heterocycles. The molecule has 0 bridgehead atoms. The molecular formula is C14H13FN2O2. The predicted octanol–water partition coefficient (Wildman–Crippen LogP) is 3.65. The van der Waals surface area contributed by atoms with E-state index in [1.54, 1.807) is 0 Å². The van der Waals surface area contributed by atoms with E-state index in [1.165, 1.54) is 12.1 Å². The smallest absolute Gasteiger partial charge is 0.305 e. The Morgan fingerprint density at radius 3 is 2.68 bits per heavy atom. The number of anilines is 1. The van der Waals surface area contributed by atoms with Gasteiger partial charge in [-0.05, 0) is 24.6 Å². The summed E-state index contributed by atoms with van der Waals surface area (Å²) in [7, 11) is 0. The summed E-state index contributed by atoms with van der Waals surface area (Å²) in [6.45, 7) is 2.16. The Hall–Kier alpha value is -2.43. The number of nitrogens with zero attached hydrogens (tertiary/aromatic N) is 1. The van der Waals surface area contributed by atoms with E-state index in [4.69, 9.17) is 0 Å². The van der Waals surface area contributed by atoms with Crippen LogP contribution in [0.1, 0.15) is 11.1 Å². The van der Waals surface area contributed by atoms with Crippen molar-refractivity contribution in [1.29, 1.82) is 0 Å². The second-order valence-electron chi connectivity index (χ2n) is 4.23. The molecule has 2 rings (SSSR count). The molecule has 0 saturated heterocycles. The average Bonchev–Trinajstić information content (AvgIpc) is 2.37. The van der Waals surface area contributed by atoms with E-state index in [2.05, 4.69) is 5.32 Å². The van der Waals surface area contributed by atoms with Gasteiger partial charge in [0.05, 0.1) is 4.92 Å². The van der Waals surface area contributed by atoms with E-state index in [-0.39, 0.29) is 12.1 Å². The lowest BCUT2D eigenvalue weighted by atomic mass is 10.1. The van der Waals surface area contributed by atoms with Gasteiger partial charge in [-0.1, -0.05) is 24.3 Å². The van der Waals surface area contributed by atoms with Crippen molar-refractivity contribution in [3.05, 3.63) is 69.5 Å². The number of nitro benzene ring substituents is 1. The highest BCUT2D eigenvalue weighted by molar-refractivity contribution is 5.47. The summed E-state index contributed by atoms with van der Waals surface area (Å²) in [6, 6.07) is 11.8. The Morgan fingerprint density at radius 1 is 1.26 bits per heavy atom. The fraction of sp³-hybridized carbons (Fsp3) is 0.143. The molecule has 4 nitrogen and oxygen atoms in total. The van der Waals surface area contributed by atoms with Crippen molar-refractivity contribution in [1.82, 2.24) is 0 Å². The van der Waals surface area contributed by atoms with Crippen LogP contribution in [0.3, 0.4) is 0 Å². The molecule has 0 fully saturated rings. The largest absolute Gasteiger partial charge is 0.381 e. The molecule has 0 saturated carbocycles. The Kier molecular flexibility index (Phi) is 3.75. The number of nitro groups is 1. The quantitative estimate of drug-likeness (QED) is 0.674. The zero-order chi connectivity index (χ0) is 13.8. The van der Waals surface area contributed by atoms with Gasteiger partial charge in [-0.15, -0.1) is 0 Å². The molecule has 2 aromatic carbocycles. The minimum atomic E-state index is -0.785. The van der Waals surface area contributed by atoms with Crippen LogP contribution in [0, 0.1) is 22.9 Å². The van der Waals surface area contributed by atoms with Crippen molar-refractivity contribution in [3.8, 4) is 0 Å². The first-order valence-corrected chi connectivity index (χ1v) is 5.80. The zero-order valence-electron chi connectivity index (χ0n) is 10.4. The van der Waals surface area contributed by atoms with Crippen LogP contribution in [0.5, 0.6) is 0 Å². The molecule has 0 unspecified atom stereocenters. The summed E-state index contributed by atoms with van der Waals surface area (Å²) < 4.78 is 13.8. The first-order valence-electron chi connectivity index (χ1n) is 5.80. The number of nitrogens with one attached hydrogen (secondary N) is 1. The summed E-state index contributed by atoms with van der Waals surface area (Å²) in [5, 5.41) is 13.7. The third-order valence-corrected chi connectivity index (χ3v) is 2.76. The van der Waals surface area contributed by atoms with E-state index >= 15 is 0 Å². The minimum absolute atomic E-state index is 0.205. The average molecular weight is 260 g/mol. The maximum Gasteiger partial charge on any atom is 0.305 e. The summed E-state index contributed by atoms with van der Waals surface area (Å²) in [6.07, 6.45) is 0. The SMILES string of the molecule is Cc1cccc(NCc2cccc([N+](=O)[O-])c2F)c1. The lowest BCUT2D eigenvalue weighted by Gasteiger charge is -2.08. The number of benzene rings is 2. The maximum atomic E-state index is 13.8. The van der Waals surface area contributed by atoms with Crippen molar-refractivity contribution in [2.75, 3.05) is 5.32 Å². The first-order chi connectivity index (χ1) is 9.08. The van der Waals surface area contributed by atoms with E-state index < -0.39 is 16.4 Å². The van der Waals surface area contributed by atoms with Crippen molar-refractivity contribution in [2.45, 2.75) is 13.5 Å². The lowest BCUT2D eigenvalue weighted by molar-refractivity contribution is -0.387. The van der Waals surface area contributed by atoms with Gasteiger partial charge in [0.1, 0.15) is 0 Å². The van der Waals surface area contributed by atoms with Gasteiger partial charge in [-0.2, -0.15) is 4.39 Å². The van der Waals surface area contributed by atoms with Crippen LogP contribution in [-0.2, 0) is 6.54 Å². The molecule has 0 aliphatic heterocycles. The molecule has 0 spiro atoms. The number of rotatable bonds is 4. The molecule has 0 radical (unpaired) electrons. The summed E-state index contributed by atoms with van der Waals surface area (Å²) in [5.41, 5.74) is 1.72. The van der Waals surface area contributed by atoms with Crippen LogP contribution in [0.2, 0.25) is 0 Å². The van der Waals surface area contributed by atoms with Crippen molar-refractivity contribution < 1.29 is 9.31 Å². The fourth-order valence-corrected chi connectivity index (χ4v) is 1.80. The molecule has 1 N–H and O–H groups in total. The molecular weight excluding hydrogens is 247 g/mol. The molecule has 5 heteroatoms.